The van der Waals surface area contributed by atoms with E-state index in [0.717, 1.165) is 19.6 Å². The maximum absolute atomic E-state index is 4.36. The van der Waals surface area contributed by atoms with E-state index in [2.05, 4.69) is 95.6 Å². The van der Waals surface area contributed by atoms with Crippen LogP contribution in [0.25, 0.3) is 0 Å². The third kappa shape index (κ3) is 3.70. The summed E-state index contributed by atoms with van der Waals surface area (Å²) in [6.07, 6.45) is 4.48. The van der Waals surface area contributed by atoms with Gasteiger partial charge in [0.2, 0.25) is 0 Å². The molecule has 0 spiro atoms. The van der Waals surface area contributed by atoms with Gasteiger partial charge in [0.15, 0.2) is 0 Å². The summed E-state index contributed by atoms with van der Waals surface area (Å²) in [4.78, 5) is 6.73. The molecule has 146 valence electrons. The number of rotatable bonds is 7. The Hall–Kier alpha value is -1.31. The Balaban J connectivity index is 2.29. The van der Waals surface area contributed by atoms with Crippen LogP contribution in [-0.2, 0) is 5.41 Å². The minimum absolute atomic E-state index is 0.0887. The Morgan fingerprint density at radius 3 is 2.04 bits per heavy atom. The summed E-state index contributed by atoms with van der Waals surface area (Å²) in [5.41, 5.74) is 2.09. The molecule has 2 nitrogen and oxygen atoms in total. The number of benzene rings is 1. The van der Waals surface area contributed by atoms with Gasteiger partial charge in [0.1, 0.15) is 0 Å². The summed E-state index contributed by atoms with van der Waals surface area (Å²) >= 11 is 0. The van der Waals surface area contributed by atoms with Crippen LogP contribution in [0.15, 0.2) is 35.3 Å². The van der Waals surface area contributed by atoms with Crippen LogP contribution in [0.2, 0.25) is 0 Å². The van der Waals surface area contributed by atoms with Gasteiger partial charge >= 0.3 is 0 Å². The number of nitrogens with zero attached hydrogens (tertiary/aromatic N) is 2. The van der Waals surface area contributed by atoms with Crippen molar-refractivity contribution < 1.29 is 0 Å². The molecule has 1 aromatic rings. The molecule has 1 aromatic carbocycles. The molecule has 0 aromatic heterocycles. The van der Waals surface area contributed by atoms with Crippen molar-refractivity contribution in [3.05, 3.63) is 35.9 Å². The standard InChI is InChI=1S/C24H40N2/c1-21(2,3)24(8,15-12-17-26-18-16-25-19-26)23(6,7)22(4,5)20-13-10-9-11-14-20/h9-11,13-14,19H,12,15-18H2,1-8H3. The van der Waals surface area contributed by atoms with Gasteiger partial charge in [-0.1, -0.05) is 85.7 Å². The third-order valence-corrected chi connectivity index (χ3v) is 7.98. The SMILES string of the molecule is CC(C)(C)C(C)(CCCN1C=NCC1)C(C)(C)C(C)(C)c1ccccc1. The summed E-state index contributed by atoms with van der Waals surface area (Å²) in [5.74, 6) is 0. The Labute approximate surface area is 162 Å². The molecule has 2 rings (SSSR count). The lowest BCUT2D eigenvalue weighted by Gasteiger charge is -2.60. The quantitative estimate of drug-likeness (QED) is 0.570. The maximum Gasteiger partial charge on any atom is 0.0851 e. The van der Waals surface area contributed by atoms with Crippen LogP contribution in [0.4, 0.5) is 0 Å². The highest BCUT2D eigenvalue weighted by atomic mass is 15.2. The predicted octanol–water partition coefficient (Wildman–Crippen LogP) is 6.17. The summed E-state index contributed by atoms with van der Waals surface area (Å²) in [7, 11) is 0. The van der Waals surface area contributed by atoms with Gasteiger partial charge in [-0.2, -0.15) is 0 Å². The Kier molecular flexibility index (Phi) is 5.95. The monoisotopic (exact) mass is 356 g/mol. The molecule has 1 aliphatic rings. The van der Waals surface area contributed by atoms with Crippen LogP contribution in [0.5, 0.6) is 0 Å². The highest BCUT2D eigenvalue weighted by molar-refractivity contribution is 5.56. The fourth-order valence-corrected chi connectivity index (χ4v) is 4.75. The highest BCUT2D eigenvalue weighted by Crippen LogP contribution is 2.61. The fourth-order valence-electron chi connectivity index (χ4n) is 4.75. The Morgan fingerprint density at radius 2 is 1.54 bits per heavy atom. The minimum Gasteiger partial charge on any atom is -0.361 e. The fraction of sp³-hybridized carbons (Fsp3) is 0.708. The number of hydrogen-bond donors (Lipinski definition) is 0. The molecule has 1 aliphatic heterocycles. The average Bonchev–Trinajstić information content (AvgIpc) is 3.07. The minimum atomic E-state index is 0.0887. The van der Waals surface area contributed by atoms with Crippen LogP contribution in [0, 0.1) is 16.2 Å². The van der Waals surface area contributed by atoms with Crippen molar-refractivity contribution in [2.24, 2.45) is 21.2 Å². The molecule has 1 atom stereocenters. The zero-order valence-corrected chi connectivity index (χ0v) is 18.4. The molecule has 0 saturated carbocycles. The molecule has 0 radical (unpaired) electrons. The zero-order chi connectivity index (χ0) is 19.6. The van der Waals surface area contributed by atoms with E-state index >= 15 is 0 Å². The first-order valence-electron chi connectivity index (χ1n) is 10.2. The van der Waals surface area contributed by atoms with Gasteiger partial charge < -0.3 is 4.90 Å². The molecule has 0 aliphatic carbocycles. The van der Waals surface area contributed by atoms with Crippen LogP contribution in [-0.4, -0.2) is 30.9 Å². The normalized spacial score (nSPS) is 18.2. The van der Waals surface area contributed by atoms with E-state index in [1.165, 1.54) is 18.4 Å². The van der Waals surface area contributed by atoms with E-state index in [1.807, 2.05) is 6.34 Å². The van der Waals surface area contributed by atoms with Crippen molar-refractivity contribution in [3.8, 4) is 0 Å². The van der Waals surface area contributed by atoms with Crippen molar-refractivity contribution in [1.29, 1.82) is 0 Å². The molecule has 0 amide bonds. The maximum atomic E-state index is 4.36. The van der Waals surface area contributed by atoms with Gasteiger partial charge in [-0.05, 0) is 40.1 Å². The first-order chi connectivity index (χ1) is 11.9. The third-order valence-electron chi connectivity index (χ3n) is 7.98. The summed E-state index contributed by atoms with van der Waals surface area (Å²) in [6.45, 7) is 22.8. The molecule has 1 unspecified atom stereocenters. The number of aliphatic imine (C=N–C) groups is 1. The second-order valence-corrected chi connectivity index (χ2v) is 10.4. The van der Waals surface area contributed by atoms with E-state index in [4.69, 9.17) is 0 Å². The second-order valence-electron chi connectivity index (χ2n) is 10.4. The van der Waals surface area contributed by atoms with Crippen molar-refractivity contribution in [2.45, 2.75) is 73.6 Å². The van der Waals surface area contributed by atoms with E-state index in [0.29, 0.717) is 0 Å². The van der Waals surface area contributed by atoms with Crippen molar-refractivity contribution in [3.63, 3.8) is 0 Å². The Morgan fingerprint density at radius 1 is 0.923 bits per heavy atom. The van der Waals surface area contributed by atoms with Gasteiger partial charge in [0.05, 0.1) is 12.9 Å². The van der Waals surface area contributed by atoms with Crippen LogP contribution < -0.4 is 0 Å². The van der Waals surface area contributed by atoms with Gasteiger partial charge in [-0.15, -0.1) is 0 Å². The highest BCUT2D eigenvalue weighted by Gasteiger charge is 2.55. The molecular formula is C24H40N2. The largest absolute Gasteiger partial charge is 0.361 e. The van der Waals surface area contributed by atoms with Crippen LogP contribution in [0.1, 0.15) is 73.8 Å². The molecule has 0 bridgehead atoms. The van der Waals surface area contributed by atoms with E-state index in [1.54, 1.807) is 0 Å². The smallest absolute Gasteiger partial charge is 0.0851 e. The molecule has 26 heavy (non-hydrogen) atoms. The summed E-state index contributed by atoms with van der Waals surface area (Å²) in [5, 5.41) is 0. The molecule has 2 heteroatoms. The predicted molar refractivity (Wildman–Crippen MR) is 115 cm³/mol. The lowest BCUT2D eigenvalue weighted by Crippen LogP contribution is -2.54. The van der Waals surface area contributed by atoms with Crippen molar-refractivity contribution >= 4 is 6.34 Å². The zero-order valence-electron chi connectivity index (χ0n) is 18.4. The summed E-state index contributed by atoms with van der Waals surface area (Å²) in [6, 6.07) is 11.1. The molecule has 0 saturated heterocycles. The van der Waals surface area contributed by atoms with E-state index < -0.39 is 0 Å². The van der Waals surface area contributed by atoms with E-state index in [-0.39, 0.29) is 21.7 Å². The molecule has 0 fully saturated rings. The number of hydrogen-bond acceptors (Lipinski definition) is 2. The van der Waals surface area contributed by atoms with Gasteiger partial charge in [0, 0.05) is 13.1 Å². The first-order valence-corrected chi connectivity index (χ1v) is 10.2. The van der Waals surface area contributed by atoms with Gasteiger partial charge in [-0.25, -0.2) is 0 Å². The Bertz CT molecular complexity index is 607. The molecular weight excluding hydrogens is 316 g/mol. The van der Waals surface area contributed by atoms with E-state index in [9.17, 15) is 0 Å². The van der Waals surface area contributed by atoms with Crippen LogP contribution >= 0.6 is 0 Å². The topological polar surface area (TPSA) is 15.6 Å². The summed E-state index contributed by atoms with van der Waals surface area (Å²) < 4.78 is 0. The van der Waals surface area contributed by atoms with Gasteiger partial charge in [0.25, 0.3) is 0 Å². The van der Waals surface area contributed by atoms with Crippen molar-refractivity contribution in [1.82, 2.24) is 4.90 Å². The lowest BCUT2D eigenvalue weighted by molar-refractivity contribution is -0.0777. The molecule has 0 N–H and O–H groups in total. The van der Waals surface area contributed by atoms with Gasteiger partial charge in [-0.3, -0.25) is 4.99 Å². The van der Waals surface area contributed by atoms with Crippen molar-refractivity contribution in [2.75, 3.05) is 19.6 Å². The second kappa shape index (κ2) is 7.37. The average molecular weight is 357 g/mol. The first kappa shape index (κ1) is 21.0. The molecule has 1 heterocycles. The lowest BCUT2D eigenvalue weighted by atomic mass is 9.44. The van der Waals surface area contributed by atoms with Crippen LogP contribution in [0.3, 0.4) is 0 Å².